The van der Waals surface area contributed by atoms with Crippen molar-refractivity contribution in [1.82, 2.24) is 5.32 Å². The van der Waals surface area contributed by atoms with Crippen LogP contribution in [0, 0.1) is 0 Å². The van der Waals surface area contributed by atoms with Gasteiger partial charge in [-0.25, -0.2) is 0 Å². The van der Waals surface area contributed by atoms with Crippen LogP contribution >= 0.6 is 0 Å². The minimum atomic E-state index is 0.244. The SMILES string of the molecule is O=C(C[NH+]1CC[NH+](Cc2ccccc2)CC1)NC1CC1. The van der Waals surface area contributed by atoms with Crippen molar-refractivity contribution in [2.45, 2.75) is 25.4 Å². The average molecular weight is 275 g/mol. The fourth-order valence-electron chi connectivity index (χ4n) is 2.93. The number of hydrogen-bond acceptors (Lipinski definition) is 1. The number of rotatable bonds is 5. The van der Waals surface area contributed by atoms with E-state index in [1.807, 2.05) is 0 Å². The standard InChI is InChI=1S/C16H23N3O/c20-16(17-15-6-7-15)13-19-10-8-18(9-11-19)12-14-4-2-1-3-5-14/h1-5,15H,6-13H2,(H,17,20)/p+2. The van der Waals surface area contributed by atoms with Gasteiger partial charge < -0.3 is 15.1 Å². The summed E-state index contributed by atoms with van der Waals surface area (Å²) in [6.45, 7) is 6.33. The largest absolute Gasteiger partial charge is 0.348 e. The summed E-state index contributed by atoms with van der Waals surface area (Å²) in [7, 11) is 0. The van der Waals surface area contributed by atoms with E-state index in [2.05, 4.69) is 35.6 Å². The molecule has 0 spiro atoms. The molecule has 0 atom stereocenters. The predicted octanol–water partition coefficient (Wildman–Crippen LogP) is -1.75. The second-order valence-corrected chi connectivity index (χ2v) is 6.18. The van der Waals surface area contributed by atoms with Gasteiger partial charge in [0.1, 0.15) is 32.7 Å². The van der Waals surface area contributed by atoms with Crippen LogP contribution in [0.2, 0.25) is 0 Å². The minimum absolute atomic E-state index is 0.244. The number of nitrogens with one attached hydrogen (secondary N) is 3. The normalized spacial score (nSPS) is 26.2. The van der Waals surface area contributed by atoms with Gasteiger partial charge in [0.25, 0.3) is 5.91 Å². The number of carbonyl (C=O) groups is 1. The summed E-state index contributed by atoms with van der Waals surface area (Å²) in [5.41, 5.74) is 1.41. The second-order valence-electron chi connectivity index (χ2n) is 6.18. The Hall–Kier alpha value is -1.39. The van der Waals surface area contributed by atoms with Crippen LogP contribution in [0.5, 0.6) is 0 Å². The summed E-state index contributed by atoms with van der Waals surface area (Å²) in [6.07, 6.45) is 2.35. The molecule has 3 rings (SSSR count). The van der Waals surface area contributed by atoms with Gasteiger partial charge in [0.05, 0.1) is 0 Å². The van der Waals surface area contributed by atoms with Gasteiger partial charge in [-0.05, 0) is 12.8 Å². The van der Waals surface area contributed by atoms with Gasteiger partial charge in [0, 0.05) is 11.6 Å². The Labute approximate surface area is 120 Å². The zero-order valence-electron chi connectivity index (χ0n) is 12.0. The molecule has 1 aromatic rings. The van der Waals surface area contributed by atoms with E-state index < -0.39 is 0 Å². The Balaban J connectivity index is 1.39. The van der Waals surface area contributed by atoms with Crippen molar-refractivity contribution < 1.29 is 14.6 Å². The first-order valence-electron chi connectivity index (χ1n) is 7.80. The monoisotopic (exact) mass is 275 g/mol. The molecule has 108 valence electrons. The Morgan fingerprint density at radius 1 is 1.05 bits per heavy atom. The molecule has 4 heteroatoms. The summed E-state index contributed by atoms with van der Waals surface area (Å²) >= 11 is 0. The Morgan fingerprint density at radius 2 is 1.70 bits per heavy atom. The number of piperazine rings is 1. The quantitative estimate of drug-likeness (QED) is 0.586. The third-order valence-electron chi connectivity index (χ3n) is 4.31. The van der Waals surface area contributed by atoms with Crippen LogP contribution in [0.3, 0.4) is 0 Å². The summed E-state index contributed by atoms with van der Waals surface area (Å²) in [5, 5.41) is 3.09. The van der Waals surface area contributed by atoms with E-state index in [9.17, 15) is 4.79 Å². The fourth-order valence-corrected chi connectivity index (χ4v) is 2.93. The van der Waals surface area contributed by atoms with Crippen LogP contribution in [0.25, 0.3) is 0 Å². The molecule has 3 N–H and O–H groups in total. The molecule has 1 amide bonds. The van der Waals surface area contributed by atoms with E-state index in [-0.39, 0.29) is 5.91 Å². The van der Waals surface area contributed by atoms with Gasteiger partial charge in [0.15, 0.2) is 6.54 Å². The molecule has 1 saturated heterocycles. The van der Waals surface area contributed by atoms with Crippen LogP contribution in [-0.2, 0) is 11.3 Å². The molecule has 1 saturated carbocycles. The van der Waals surface area contributed by atoms with E-state index in [0.717, 1.165) is 19.6 Å². The molecule has 0 aromatic heterocycles. The molecule has 1 aromatic carbocycles. The van der Waals surface area contributed by atoms with Crippen molar-refractivity contribution in [2.24, 2.45) is 0 Å². The van der Waals surface area contributed by atoms with Crippen molar-refractivity contribution >= 4 is 5.91 Å². The first-order chi connectivity index (χ1) is 9.79. The Kier molecular flexibility index (Phi) is 4.33. The van der Waals surface area contributed by atoms with Gasteiger partial charge in [-0.2, -0.15) is 0 Å². The number of quaternary nitrogens is 2. The van der Waals surface area contributed by atoms with Gasteiger partial charge in [0.2, 0.25) is 0 Å². The first kappa shape index (κ1) is 13.6. The Morgan fingerprint density at radius 3 is 2.35 bits per heavy atom. The van der Waals surface area contributed by atoms with E-state index in [4.69, 9.17) is 0 Å². The molecule has 0 bridgehead atoms. The molecule has 0 radical (unpaired) electrons. The maximum absolute atomic E-state index is 11.8. The number of benzene rings is 1. The molecular weight excluding hydrogens is 250 g/mol. The lowest BCUT2D eigenvalue weighted by atomic mass is 10.2. The zero-order chi connectivity index (χ0) is 13.8. The number of carbonyl (C=O) groups excluding carboxylic acids is 1. The molecule has 4 nitrogen and oxygen atoms in total. The van der Waals surface area contributed by atoms with Crippen LogP contribution < -0.4 is 15.1 Å². The fraction of sp³-hybridized carbons (Fsp3) is 0.562. The lowest BCUT2D eigenvalue weighted by Gasteiger charge is -2.29. The van der Waals surface area contributed by atoms with E-state index in [1.54, 1.807) is 4.90 Å². The highest BCUT2D eigenvalue weighted by atomic mass is 16.2. The van der Waals surface area contributed by atoms with Crippen molar-refractivity contribution in [3.63, 3.8) is 0 Å². The number of amides is 1. The molecule has 2 fully saturated rings. The van der Waals surface area contributed by atoms with Crippen LogP contribution in [0.15, 0.2) is 30.3 Å². The summed E-state index contributed by atoms with van der Waals surface area (Å²) in [4.78, 5) is 14.9. The van der Waals surface area contributed by atoms with Crippen molar-refractivity contribution in [3.8, 4) is 0 Å². The molecule has 0 unspecified atom stereocenters. The second kappa shape index (κ2) is 6.37. The van der Waals surface area contributed by atoms with Crippen molar-refractivity contribution in [3.05, 3.63) is 35.9 Å². The van der Waals surface area contributed by atoms with Crippen LogP contribution in [0.1, 0.15) is 18.4 Å². The topological polar surface area (TPSA) is 38.0 Å². The average Bonchev–Trinajstić information content (AvgIpc) is 3.26. The molecule has 2 aliphatic rings. The Bertz CT molecular complexity index is 436. The van der Waals surface area contributed by atoms with Gasteiger partial charge in [-0.15, -0.1) is 0 Å². The van der Waals surface area contributed by atoms with Crippen LogP contribution in [-0.4, -0.2) is 44.7 Å². The minimum Gasteiger partial charge on any atom is -0.348 e. The summed E-state index contributed by atoms with van der Waals surface area (Å²) in [6, 6.07) is 11.2. The third kappa shape index (κ3) is 4.05. The molecular formula is C16H25N3O+2. The molecule has 20 heavy (non-hydrogen) atoms. The van der Waals surface area contributed by atoms with Gasteiger partial charge in [-0.3, -0.25) is 4.79 Å². The lowest BCUT2D eigenvalue weighted by molar-refractivity contribution is -1.02. The van der Waals surface area contributed by atoms with Gasteiger partial charge in [-0.1, -0.05) is 30.3 Å². The highest BCUT2D eigenvalue weighted by molar-refractivity contribution is 5.77. The first-order valence-corrected chi connectivity index (χ1v) is 7.80. The highest BCUT2D eigenvalue weighted by Crippen LogP contribution is 2.17. The van der Waals surface area contributed by atoms with Crippen LogP contribution in [0.4, 0.5) is 0 Å². The van der Waals surface area contributed by atoms with Crippen molar-refractivity contribution in [1.29, 1.82) is 0 Å². The number of hydrogen-bond donors (Lipinski definition) is 3. The maximum atomic E-state index is 11.8. The van der Waals surface area contributed by atoms with Gasteiger partial charge >= 0.3 is 0 Å². The molecule has 1 heterocycles. The highest BCUT2D eigenvalue weighted by Gasteiger charge is 2.28. The maximum Gasteiger partial charge on any atom is 0.275 e. The zero-order valence-corrected chi connectivity index (χ0v) is 12.0. The van der Waals surface area contributed by atoms with E-state index in [0.29, 0.717) is 12.6 Å². The molecule has 1 aliphatic carbocycles. The van der Waals surface area contributed by atoms with E-state index in [1.165, 1.54) is 36.4 Å². The lowest BCUT2D eigenvalue weighted by Crippen LogP contribution is -3.28. The summed E-state index contributed by atoms with van der Waals surface area (Å²) in [5.74, 6) is 0.244. The van der Waals surface area contributed by atoms with Crippen molar-refractivity contribution in [2.75, 3.05) is 32.7 Å². The summed E-state index contributed by atoms with van der Waals surface area (Å²) < 4.78 is 0. The predicted molar refractivity (Wildman–Crippen MR) is 77.6 cm³/mol. The molecule has 1 aliphatic heterocycles. The third-order valence-corrected chi connectivity index (χ3v) is 4.31. The van der Waals surface area contributed by atoms with E-state index >= 15 is 0 Å². The smallest absolute Gasteiger partial charge is 0.275 e.